The molecule has 0 aliphatic heterocycles. The molecule has 0 rings (SSSR count). The fourth-order valence-corrected chi connectivity index (χ4v) is 0. The van der Waals surface area contributed by atoms with Crippen molar-refractivity contribution in [1.29, 1.82) is 0 Å². The minimum atomic E-state index is 0. The van der Waals surface area contributed by atoms with Gasteiger partial charge in [-0.2, -0.15) is 0 Å². The van der Waals surface area contributed by atoms with E-state index in [2.05, 4.69) is 0 Å². The van der Waals surface area contributed by atoms with E-state index >= 15 is 0 Å². The van der Waals surface area contributed by atoms with Gasteiger partial charge in [-0.3, -0.25) is 0 Å². The van der Waals surface area contributed by atoms with E-state index in [-0.39, 0.29) is 111 Å². The molecule has 0 aliphatic rings. The minimum absolute atomic E-state index is 0. The van der Waals surface area contributed by atoms with Crippen LogP contribution in [-0.4, -0.2) is 0 Å². The number of rotatable bonds is 0. The van der Waals surface area contributed by atoms with Crippen LogP contribution in [0.1, 0.15) is 0 Å². The van der Waals surface area contributed by atoms with Crippen molar-refractivity contribution < 1.29 is 111 Å². The summed E-state index contributed by atoms with van der Waals surface area (Å²) in [5.74, 6) is 0. The van der Waals surface area contributed by atoms with E-state index in [1.807, 2.05) is 0 Å². The molecule has 0 aliphatic carbocycles. The van der Waals surface area contributed by atoms with Crippen LogP contribution in [0.3, 0.4) is 0 Å². The zero-order valence-corrected chi connectivity index (χ0v) is 11.6. The molecular formula is Cl5NaOs. The summed E-state index contributed by atoms with van der Waals surface area (Å²) in [6, 6.07) is 0. The molecule has 0 saturated carbocycles. The Bertz CT molecular complexity index is 8.04. The van der Waals surface area contributed by atoms with Crippen molar-refractivity contribution in [3.8, 4) is 0 Å². The first-order chi connectivity index (χ1) is 0. The summed E-state index contributed by atoms with van der Waals surface area (Å²) in [7, 11) is 0. The topological polar surface area (TPSA) is 0 Å². The first-order valence-electron chi connectivity index (χ1n) is 0. The van der Waals surface area contributed by atoms with Crippen molar-refractivity contribution in [2.24, 2.45) is 0 Å². The zero-order chi connectivity index (χ0) is 0. The largest absolute Gasteiger partial charge is 4.00 e. The van der Waals surface area contributed by atoms with E-state index in [1.165, 1.54) is 0 Å². The van der Waals surface area contributed by atoms with Crippen LogP contribution in [0.5, 0.6) is 0 Å². The monoisotopic (exact) mass is 390 g/mol. The molecule has 44 valence electrons. The molecule has 0 spiro atoms. The smallest absolute Gasteiger partial charge is 1.00 e. The van der Waals surface area contributed by atoms with Gasteiger partial charge in [0.15, 0.2) is 0 Å². The van der Waals surface area contributed by atoms with E-state index in [4.69, 9.17) is 0 Å². The third kappa shape index (κ3) is 47.9. The second kappa shape index (κ2) is 62.4. The van der Waals surface area contributed by atoms with E-state index < -0.39 is 0 Å². The summed E-state index contributed by atoms with van der Waals surface area (Å²) < 4.78 is 0. The van der Waals surface area contributed by atoms with Crippen molar-refractivity contribution in [2.45, 2.75) is 0 Å². The molecular weight excluding hydrogens is 390 g/mol. The third-order valence-corrected chi connectivity index (χ3v) is 0. The molecule has 0 heterocycles. The normalized spacial score (nSPS) is 0. The molecule has 7 heavy (non-hydrogen) atoms. The second-order valence-electron chi connectivity index (χ2n) is 0. The van der Waals surface area contributed by atoms with Gasteiger partial charge in [0.05, 0.1) is 0 Å². The van der Waals surface area contributed by atoms with Gasteiger partial charge in [-0.05, 0) is 0 Å². The average molecular weight is 390 g/mol. The number of hydrogen-bond donors (Lipinski definition) is 0. The maximum Gasteiger partial charge on any atom is 4.00 e. The van der Waals surface area contributed by atoms with Gasteiger partial charge in [0.2, 0.25) is 0 Å². The van der Waals surface area contributed by atoms with E-state index in [9.17, 15) is 0 Å². The first kappa shape index (κ1) is 87.4. The molecule has 0 aromatic heterocycles. The van der Waals surface area contributed by atoms with Crippen LogP contribution < -0.4 is 91.6 Å². The maximum absolute atomic E-state index is 0. The van der Waals surface area contributed by atoms with Crippen LogP contribution in [0.4, 0.5) is 0 Å². The zero-order valence-electron chi connectivity index (χ0n) is 3.24. The van der Waals surface area contributed by atoms with Gasteiger partial charge < -0.3 is 62.0 Å². The summed E-state index contributed by atoms with van der Waals surface area (Å²) >= 11 is 0. The van der Waals surface area contributed by atoms with Crippen molar-refractivity contribution in [3.05, 3.63) is 0 Å². The molecule has 0 fully saturated rings. The van der Waals surface area contributed by atoms with Gasteiger partial charge in [-0.25, -0.2) is 0 Å². The van der Waals surface area contributed by atoms with Gasteiger partial charge in [-0.15, -0.1) is 0 Å². The van der Waals surface area contributed by atoms with Gasteiger partial charge in [0.1, 0.15) is 0 Å². The Kier molecular flexibility index (Phi) is 779. The summed E-state index contributed by atoms with van der Waals surface area (Å²) in [6.07, 6.45) is 0. The maximum atomic E-state index is 0. The Hall–Kier alpha value is 3.09. The Morgan fingerprint density at radius 1 is 0.429 bits per heavy atom. The molecule has 0 bridgehead atoms. The van der Waals surface area contributed by atoms with Crippen LogP contribution in [-0.2, 0) is 19.8 Å². The molecule has 0 atom stereocenters. The van der Waals surface area contributed by atoms with Crippen LogP contribution in [0.25, 0.3) is 0 Å². The third-order valence-electron chi connectivity index (χ3n) is 0. The van der Waals surface area contributed by atoms with Crippen molar-refractivity contribution in [3.63, 3.8) is 0 Å². The van der Waals surface area contributed by atoms with E-state index in [0.29, 0.717) is 0 Å². The molecule has 0 aromatic rings. The quantitative estimate of drug-likeness (QED) is 0.361. The molecule has 0 N–H and O–H groups in total. The van der Waals surface area contributed by atoms with Crippen LogP contribution in [0.15, 0.2) is 0 Å². The molecule has 0 nitrogen and oxygen atoms in total. The fourth-order valence-electron chi connectivity index (χ4n) is 0. The van der Waals surface area contributed by atoms with Crippen LogP contribution in [0, 0.1) is 0 Å². The standard InChI is InChI=1S/5ClH.Na.Os/h5*1H;;/q;;;;;+1;+4/p-5. The Labute approximate surface area is 110 Å². The van der Waals surface area contributed by atoms with E-state index in [1.54, 1.807) is 0 Å². The average Bonchev–Trinajstić information content (AvgIpc) is 0. The van der Waals surface area contributed by atoms with Crippen LogP contribution >= 0.6 is 0 Å². The first-order valence-corrected chi connectivity index (χ1v) is 0. The summed E-state index contributed by atoms with van der Waals surface area (Å²) in [4.78, 5) is 0. The number of hydrogen-bond acceptors (Lipinski definition) is 0. The van der Waals surface area contributed by atoms with Crippen LogP contribution in [0.2, 0.25) is 0 Å². The van der Waals surface area contributed by atoms with Gasteiger partial charge in [0.25, 0.3) is 0 Å². The Morgan fingerprint density at radius 3 is 0.429 bits per heavy atom. The molecule has 0 unspecified atom stereocenters. The molecule has 7 heteroatoms. The molecule has 0 radical (unpaired) electrons. The van der Waals surface area contributed by atoms with Gasteiger partial charge in [0, 0.05) is 0 Å². The predicted octanol–water partition coefficient (Wildman–Crippen LogP) is -18.0. The van der Waals surface area contributed by atoms with Gasteiger partial charge >= 0.3 is 49.3 Å². The minimum Gasteiger partial charge on any atom is -1.00 e. The molecule has 0 aromatic carbocycles. The Balaban J connectivity index is 0. The number of halogens is 5. The molecule has 0 amide bonds. The summed E-state index contributed by atoms with van der Waals surface area (Å²) in [5.41, 5.74) is 0. The fraction of sp³-hybridized carbons (Fsp3) is 0. The van der Waals surface area contributed by atoms with Gasteiger partial charge in [-0.1, -0.05) is 0 Å². The summed E-state index contributed by atoms with van der Waals surface area (Å²) in [6.45, 7) is 0. The predicted molar refractivity (Wildman–Crippen MR) is 0 cm³/mol. The second-order valence-corrected chi connectivity index (χ2v) is 0. The Morgan fingerprint density at radius 2 is 0.429 bits per heavy atom. The van der Waals surface area contributed by atoms with Crippen molar-refractivity contribution in [1.82, 2.24) is 0 Å². The summed E-state index contributed by atoms with van der Waals surface area (Å²) in [5, 5.41) is 0. The molecule has 0 saturated heterocycles. The van der Waals surface area contributed by atoms with Crippen molar-refractivity contribution >= 4 is 0 Å². The van der Waals surface area contributed by atoms with E-state index in [0.717, 1.165) is 0 Å². The SMILES string of the molecule is [Cl-].[Cl-].[Cl-].[Cl-].[Cl-].[Na+].[Os+4]. The van der Waals surface area contributed by atoms with Crippen molar-refractivity contribution in [2.75, 3.05) is 0 Å².